The predicted octanol–water partition coefficient (Wildman–Crippen LogP) is 5.05. The number of azo groups is 1. The SMILES string of the molecule is CCOC(=O)c1cc([N+](=O)[O-])sc1N=Nc1ccc(N(CC)CC)cc1NC(C)=O. The van der Waals surface area contributed by atoms with Gasteiger partial charge >= 0.3 is 11.0 Å². The molecule has 0 atom stereocenters. The largest absolute Gasteiger partial charge is 0.462 e. The zero-order chi connectivity index (χ0) is 22.3. The Morgan fingerprint density at radius 3 is 2.47 bits per heavy atom. The van der Waals surface area contributed by atoms with E-state index in [-0.39, 0.29) is 28.1 Å². The molecule has 1 heterocycles. The maximum atomic E-state index is 12.1. The van der Waals surface area contributed by atoms with Crippen molar-refractivity contribution in [1.29, 1.82) is 0 Å². The highest BCUT2D eigenvalue weighted by molar-refractivity contribution is 7.19. The van der Waals surface area contributed by atoms with Gasteiger partial charge in [-0.15, -0.1) is 10.2 Å². The minimum absolute atomic E-state index is 0.0295. The van der Waals surface area contributed by atoms with E-state index in [0.717, 1.165) is 36.2 Å². The fraction of sp³-hybridized carbons (Fsp3) is 0.368. The molecule has 2 aromatic rings. The predicted molar refractivity (Wildman–Crippen MR) is 115 cm³/mol. The molecule has 1 aromatic heterocycles. The number of esters is 1. The minimum Gasteiger partial charge on any atom is -0.462 e. The van der Waals surface area contributed by atoms with E-state index in [1.54, 1.807) is 19.1 Å². The Kier molecular flexibility index (Phi) is 7.98. The van der Waals surface area contributed by atoms with Gasteiger partial charge in [-0.05, 0) is 50.3 Å². The van der Waals surface area contributed by atoms with Crippen molar-refractivity contribution < 1.29 is 19.2 Å². The van der Waals surface area contributed by atoms with Crippen LogP contribution in [0.1, 0.15) is 38.1 Å². The Balaban J connectivity index is 2.46. The first-order valence-corrected chi connectivity index (χ1v) is 10.2. The number of rotatable bonds is 9. The zero-order valence-electron chi connectivity index (χ0n) is 17.2. The summed E-state index contributed by atoms with van der Waals surface area (Å²) in [6, 6.07) is 6.44. The molecule has 10 nitrogen and oxygen atoms in total. The van der Waals surface area contributed by atoms with E-state index in [1.807, 2.05) is 19.9 Å². The molecular formula is C19H23N5O5S. The number of carbonyl (C=O) groups is 2. The van der Waals surface area contributed by atoms with Crippen LogP contribution in [-0.2, 0) is 9.53 Å². The second kappa shape index (κ2) is 10.4. The monoisotopic (exact) mass is 433 g/mol. The number of amides is 1. The van der Waals surface area contributed by atoms with Gasteiger partial charge in [-0.25, -0.2) is 4.79 Å². The fourth-order valence-electron chi connectivity index (χ4n) is 2.67. The lowest BCUT2D eigenvalue weighted by Crippen LogP contribution is -2.21. The molecule has 1 aromatic carbocycles. The van der Waals surface area contributed by atoms with E-state index in [4.69, 9.17) is 4.74 Å². The molecule has 0 unspecified atom stereocenters. The van der Waals surface area contributed by atoms with Crippen LogP contribution < -0.4 is 10.2 Å². The molecule has 160 valence electrons. The molecule has 0 saturated heterocycles. The van der Waals surface area contributed by atoms with Gasteiger partial charge in [0.05, 0.1) is 17.2 Å². The van der Waals surface area contributed by atoms with Gasteiger partial charge in [-0.3, -0.25) is 14.9 Å². The Morgan fingerprint density at radius 1 is 1.20 bits per heavy atom. The highest BCUT2D eigenvalue weighted by atomic mass is 32.1. The van der Waals surface area contributed by atoms with Crippen molar-refractivity contribution in [3.05, 3.63) is 39.9 Å². The molecule has 11 heteroatoms. The van der Waals surface area contributed by atoms with Gasteiger partial charge in [0.15, 0.2) is 5.00 Å². The summed E-state index contributed by atoms with van der Waals surface area (Å²) in [6.45, 7) is 8.77. The lowest BCUT2D eigenvalue weighted by Gasteiger charge is -2.22. The summed E-state index contributed by atoms with van der Waals surface area (Å²) in [5.41, 5.74) is 1.67. The number of hydrogen-bond donors (Lipinski definition) is 1. The molecular weight excluding hydrogens is 410 g/mol. The second-order valence-electron chi connectivity index (χ2n) is 6.04. The molecule has 1 N–H and O–H groups in total. The van der Waals surface area contributed by atoms with Crippen molar-refractivity contribution in [3.8, 4) is 0 Å². The van der Waals surface area contributed by atoms with E-state index in [9.17, 15) is 19.7 Å². The maximum Gasteiger partial charge on any atom is 0.341 e. The summed E-state index contributed by atoms with van der Waals surface area (Å²) in [5, 5.41) is 21.8. The van der Waals surface area contributed by atoms with Crippen molar-refractivity contribution in [2.75, 3.05) is 29.9 Å². The molecule has 0 saturated carbocycles. The highest BCUT2D eigenvalue weighted by Gasteiger charge is 2.23. The fourth-order valence-corrected chi connectivity index (χ4v) is 3.46. The summed E-state index contributed by atoms with van der Waals surface area (Å²) in [6.07, 6.45) is 0. The normalized spacial score (nSPS) is 10.8. The van der Waals surface area contributed by atoms with Crippen LogP contribution in [-0.4, -0.2) is 36.5 Å². The first-order chi connectivity index (χ1) is 14.3. The first kappa shape index (κ1) is 22.9. The third kappa shape index (κ3) is 5.60. The lowest BCUT2D eigenvalue weighted by atomic mass is 10.2. The van der Waals surface area contributed by atoms with Crippen LogP contribution in [0.4, 0.5) is 27.1 Å². The second-order valence-corrected chi connectivity index (χ2v) is 7.05. The summed E-state index contributed by atoms with van der Waals surface area (Å²) in [7, 11) is 0. The molecule has 0 aliphatic heterocycles. The number of thiophene rings is 1. The minimum atomic E-state index is -0.713. The molecule has 0 radical (unpaired) electrons. The number of nitrogens with one attached hydrogen (secondary N) is 1. The molecule has 2 rings (SSSR count). The van der Waals surface area contributed by atoms with E-state index in [1.165, 1.54) is 6.92 Å². The van der Waals surface area contributed by atoms with Gasteiger partial charge in [0.2, 0.25) is 5.91 Å². The highest BCUT2D eigenvalue weighted by Crippen LogP contribution is 2.38. The molecule has 1 amide bonds. The maximum absolute atomic E-state index is 12.1. The molecule has 30 heavy (non-hydrogen) atoms. The van der Waals surface area contributed by atoms with Crippen LogP contribution in [0.15, 0.2) is 34.5 Å². The van der Waals surface area contributed by atoms with Crippen LogP contribution in [0.2, 0.25) is 0 Å². The molecule has 0 spiro atoms. The van der Waals surface area contributed by atoms with E-state index in [0.29, 0.717) is 11.4 Å². The van der Waals surface area contributed by atoms with Crippen LogP contribution in [0.25, 0.3) is 0 Å². The van der Waals surface area contributed by atoms with E-state index < -0.39 is 10.9 Å². The molecule has 0 aliphatic rings. The van der Waals surface area contributed by atoms with Gasteiger partial charge in [0.1, 0.15) is 11.3 Å². The Hall–Kier alpha value is -3.34. The number of hydrogen-bond acceptors (Lipinski definition) is 9. The topological polar surface area (TPSA) is 126 Å². The van der Waals surface area contributed by atoms with E-state index >= 15 is 0 Å². The average Bonchev–Trinajstić information content (AvgIpc) is 3.13. The summed E-state index contributed by atoms with van der Waals surface area (Å²) >= 11 is 0.720. The van der Waals surface area contributed by atoms with Gasteiger partial charge in [0.25, 0.3) is 0 Å². The summed E-state index contributed by atoms with van der Waals surface area (Å²) in [5.74, 6) is -0.989. The standard InChI is InChI=1S/C19H23N5O5S/c1-5-23(6-2)13-8-9-15(16(10-13)20-12(4)25)21-22-18-14(19(26)29-7-3)11-17(30-18)24(27)28/h8-11H,5-7H2,1-4H3,(H,20,25). The first-order valence-electron chi connectivity index (χ1n) is 9.34. The van der Waals surface area contributed by atoms with Gasteiger partial charge in [-0.1, -0.05) is 0 Å². The smallest absolute Gasteiger partial charge is 0.341 e. The molecule has 0 fully saturated rings. The van der Waals surface area contributed by atoms with Crippen molar-refractivity contribution in [2.45, 2.75) is 27.7 Å². The number of nitrogens with zero attached hydrogens (tertiary/aromatic N) is 4. The Morgan fingerprint density at radius 2 is 1.90 bits per heavy atom. The van der Waals surface area contributed by atoms with Crippen molar-refractivity contribution in [3.63, 3.8) is 0 Å². The van der Waals surface area contributed by atoms with Crippen molar-refractivity contribution in [1.82, 2.24) is 0 Å². The summed E-state index contributed by atoms with van der Waals surface area (Å²) < 4.78 is 4.94. The number of benzene rings is 1. The quantitative estimate of drug-likeness (QED) is 0.255. The van der Waals surface area contributed by atoms with Crippen molar-refractivity contribution >= 4 is 50.3 Å². The third-order valence-corrected chi connectivity index (χ3v) is 5.01. The molecule has 0 bridgehead atoms. The third-order valence-electron chi connectivity index (χ3n) is 4.04. The number of ether oxygens (including phenoxy) is 1. The van der Waals surface area contributed by atoms with Gasteiger partial charge in [0, 0.05) is 31.8 Å². The lowest BCUT2D eigenvalue weighted by molar-refractivity contribution is -0.380. The van der Waals surface area contributed by atoms with Crippen LogP contribution in [0, 0.1) is 10.1 Å². The van der Waals surface area contributed by atoms with Crippen LogP contribution in [0.5, 0.6) is 0 Å². The van der Waals surface area contributed by atoms with Gasteiger partial charge in [-0.2, -0.15) is 0 Å². The number of nitro groups is 1. The van der Waals surface area contributed by atoms with Crippen LogP contribution in [0.3, 0.4) is 0 Å². The summed E-state index contributed by atoms with van der Waals surface area (Å²) in [4.78, 5) is 36.3. The van der Waals surface area contributed by atoms with Crippen molar-refractivity contribution in [2.24, 2.45) is 10.2 Å². The average molecular weight is 433 g/mol. The Labute approximate surface area is 177 Å². The van der Waals surface area contributed by atoms with Crippen LogP contribution >= 0.6 is 11.3 Å². The van der Waals surface area contributed by atoms with E-state index in [2.05, 4.69) is 20.4 Å². The zero-order valence-corrected chi connectivity index (χ0v) is 18.0. The van der Waals surface area contributed by atoms with Gasteiger partial charge < -0.3 is 15.0 Å². The number of carbonyl (C=O) groups excluding carboxylic acids is 2. The Bertz CT molecular complexity index is 968. The number of anilines is 2. The molecule has 0 aliphatic carbocycles.